The van der Waals surface area contributed by atoms with Crippen LogP contribution in [0.5, 0.6) is 11.5 Å². The van der Waals surface area contributed by atoms with Crippen LogP contribution in [0.4, 0.5) is 17.1 Å². The minimum absolute atomic E-state index is 0.258. The van der Waals surface area contributed by atoms with E-state index in [1.54, 1.807) is 34.8 Å². The SMILES string of the molecule is O=C(O)c1ccc(N2c3ccc(-c4cccs4)cc3Oc3cc(-c4cccs4)ccc32)cc1. The van der Waals surface area contributed by atoms with Crippen LogP contribution < -0.4 is 9.64 Å². The number of fused-ring (bicyclic) bond motifs is 2. The highest BCUT2D eigenvalue weighted by Gasteiger charge is 2.27. The Balaban J connectivity index is 1.51. The van der Waals surface area contributed by atoms with Gasteiger partial charge in [0.1, 0.15) is 0 Å². The Morgan fingerprint density at radius 2 is 1.27 bits per heavy atom. The molecule has 1 aliphatic rings. The fourth-order valence-corrected chi connectivity index (χ4v) is 5.48. The first-order chi connectivity index (χ1) is 16.2. The third-order valence-electron chi connectivity index (χ3n) is 5.61. The Labute approximate surface area is 198 Å². The Morgan fingerprint density at radius 3 is 1.73 bits per heavy atom. The Bertz CT molecular complexity index is 1370. The molecule has 1 aliphatic heterocycles. The van der Waals surface area contributed by atoms with E-state index in [1.807, 2.05) is 24.3 Å². The number of nitrogens with zero attached hydrogens (tertiary/aromatic N) is 1. The van der Waals surface area contributed by atoms with Crippen molar-refractivity contribution in [2.75, 3.05) is 4.90 Å². The summed E-state index contributed by atoms with van der Waals surface area (Å²) in [6, 6.07) is 27.7. The van der Waals surface area contributed by atoms with Gasteiger partial charge in [-0.3, -0.25) is 0 Å². The molecule has 0 spiro atoms. The van der Waals surface area contributed by atoms with Crippen molar-refractivity contribution in [2.24, 2.45) is 0 Å². The number of thiophene rings is 2. The van der Waals surface area contributed by atoms with E-state index < -0.39 is 5.97 Å². The van der Waals surface area contributed by atoms with Crippen LogP contribution in [-0.2, 0) is 0 Å². The highest BCUT2D eigenvalue weighted by Crippen LogP contribution is 2.52. The molecule has 1 N–H and O–H groups in total. The molecule has 3 aromatic carbocycles. The Hall–Kier alpha value is -3.87. The number of carboxylic acid groups (broad SMARTS) is 1. The van der Waals surface area contributed by atoms with Crippen LogP contribution in [0.3, 0.4) is 0 Å². The number of aromatic carboxylic acids is 1. The molecule has 160 valence electrons. The topological polar surface area (TPSA) is 49.8 Å². The van der Waals surface area contributed by atoms with Crippen molar-refractivity contribution in [3.8, 4) is 32.4 Å². The highest BCUT2D eigenvalue weighted by atomic mass is 32.1. The van der Waals surface area contributed by atoms with E-state index in [-0.39, 0.29) is 5.56 Å². The van der Waals surface area contributed by atoms with Crippen LogP contribution in [0.1, 0.15) is 10.4 Å². The minimum Gasteiger partial charge on any atom is -0.478 e. The van der Waals surface area contributed by atoms with Gasteiger partial charge in [-0.05, 0) is 82.6 Å². The average molecular weight is 468 g/mol. The molecule has 0 fully saturated rings. The molecular formula is C27H17NO3S2. The summed E-state index contributed by atoms with van der Waals surface area (Å²) in [5, 5.41) is 13.4. The molecule has 0 atom stereocenters. The molecule has 33 heavy (non-hydrogen) atoms. The molecule has 4 nitrogen and oxygen atoms in total. The standard InChI is InChI=1S/C27H17NO3S2/c29-27(30)17-5-9-20(10-6-17)28-21-11-7-18(25-3-1-13-32-25)15-23(21)31-24-16-19(8-12-22(24)28)26-4-2-14-33-26/h1-16H,(H,29,30). The predicted molar refractivity (Wildman–Crippen MR) is 135 cm³/mol. The van der Waals surface area contributed by atoms with Crippen molar-refractivity contribution in [3.63, 3.8) is 0 Å². The number of rotatable bonds is 4. The van der Waals surface area contributed by atoms with Gasteiger partial charge in [0, 0.05) is 15.4 Å². The van der Waals surface area contributed by atoms with Gasteiger partial charge in [-0.2, -0.15) is 0 Å². The summed E-state index contributed by atoms with van der Waals surface area (Å²) in [6.45, 7) is 0. The quantitative estimate of drug-likeness (QED) is 0.283. The second kappa shape index (κ2) is 7.92. The number of hydrogen-bond acceptors (Lipinski definition) is 5. The van der Waals surface area contributed by atoms with E-state index in [9.17, 15) is 9.90 Å². The zero-order valence-electron chi connectivity index (χ0n) is 17.3. The second-order valence-corrected chi connectivity index (χ2v) is 9.50. The molecule has 5 aromatic rings. The lowest BCUT2D eigenvalue weighted by atomic mass is 10.1. The molecule has 0 unspecified atom stereocenters. The largest absolute Gasteiger partial charge is 0.478 e. The highest BCUT2D eigenvalue weighted by molar-refractivity contribution is 7.13. The van der Waals surface area contributed by atoms with Gasteiger partial charge in [0.25, 0.3) is 0 Å². The molecule has 0 saturated heterocycles. The molecular weight excluding hydrogens is 450 g/mol. The summed E-state index contributed by atoms with van der Waals surface area (Å²) in [4.78, 5) is 15.8. The van der Waals surface area contributed by atoms with E-state index in [4.69, 9.17) is 4.74 Å². The average Bonchev–Trinajstić information content (AvgIpc) is 3.57. The van der Waals surface area contributed by atoms with Gasteiger partial charge in [-0.15, -0.1) is 22.7 Å². The zero-order chi connectivity index (χ0) is 22.4. The lowest BCUT2D eigenvalue weighted by Gasteiger charge is -2.33. The molecule has 0 radical (unpaired) electrons. The molecule has 6 heteroatoms. The molecule has 0 aliphatic carbocycles. The van der Waals surface area contributed by atoms with Crippen molar-refractivity contribution in [1.29, 1.82) is 0 Å². The molecule has 2 aromatic heterocycles. The van der Waals surface area contributed by atoms with Crippen molar-refractivity contribution in [3.05, 3.63) is 101 Å². The van der Waals surface area contributed by atoms with Gasteiger partial charge in [0.2, 0.25) is 0 Å². The first kappa shape index (κ1) is 19.8. The van der Waals surface area contributed by atoms with Crippen LogP contribution in [0, 0.1) is 0 Å². The summed E-state index contributed by atoms with van der Waals surface area (Å²) in [5.41, 5.74) is 5.15. The maximum atomic E-state index is 11.4. The van der Waals surface area contributed by atoms with Crippen molar-refractivity contribution < 1.29 is 14.6 Å². The van der Waals surface area contributed by atoms with Gasteiger partial charge >= 0.3 is 5.97 Å². The number of benzene rings is 3. The first-order valence-electron chi connectivity index (χ1n) is 10.3. The third-order valence-corrected chi connectivity index (χ3v) is 7.44. The normalized spacial score (nSPS) is 12.1. The number of carboxylic acids is 1. The molecule has 3 heterocycles. The van der Waals surface area contributed by atoms with Crippen LogP contribution in [-0.4, -0.2) is 11.1 Å². The monoisotopic (exact) mass is 467 g/mol. The smallest absolute Gasteiger partial charge is 0.335 e. The molecule has 6 rings (SSSR count). The number of ether oxygens (including phenoxy) is 1. The Morgan fingerprint density at radius 1 is 0.727 bits per heavy atom. The first-order valence-corrected chi connectivity index (χ1v) is 12.1. The lowest BCUT2D eigenvalue weighted by molar-refractivity contribution is 0.0697. The summed E-state index contributed by atoms with van der Waals surface area (Å²) in [7, 11) is 0. The lowest BCUT2D eigenvalue weighted by Crippen LogP contribution is -2.16. The van der Waals surface area contributed by atoms with E-state index in [2.05, 4.69) is 64.2 Å². The van der Waals surface area contributed by atoms with Gasteiger partial charge in [-0.25, -0.2) is 4.79 Å². The van der Waals surface area contributed by atoms with Gasteiger partial charge < -0.3 is 14.7 Å². The fraction of sp³-hybridized carbons (Fsp3) is 0. The van der Waals surface area contributed by atoms with Gasteiger partial charge in [-0.1, -0.05) is 24.3 Å². The van der Waals surface area contributed by atoms with E-state index in [0.717, 1.165) is 39.7 Å². The summed E-state index contributed by atoms with van der Waals surface area (Å²) < 4.78 is 6.44. The van der Waals surface area contributed by atoms with Crippen LogP contribution in [0.15, 0.2) is 95.7 Å². The second-order valence-electron chi connectivity index (χ2n) is 7.61. The van der Waals surface area contributed by atoms with Crippen molar-refractivity contribution >= 4 is 45.7 Å². The summed E-state index contributed by atoms with van der Waals surface area (Å²) in [5.74, 6) is 0.587. The molecule has 0 saturated carbocycles. The van der Waals surface area contributed by atoms with Crippen LogP contribution in [0.2, 0.25) is 0 Å². The molecule has 0 bridgehead atoms. The van der Waals surface area contributed by atoms with Gasteiger partial charge in [0.05, 0.1) is 16.9 Å². The summed E-state index contributed by atoms with van der Waals surface area (Å²) >= 11 is 3.38. The fourth-order valence-electron chi connectivity index (χ4n) is 4.03. The van der Waals surface area contributed by atoms with E-state index in [0.29, 0.717) is 0 Å². The molecule has 0 amide bonds. The Kier molecular flexibility index (Phi) is 4.75. The maximum Gasteiger partial charge on any atom is 0.335 e. The number of anilines is 3. The van der Waals surface area contributed by atoms with E-state index in [1.165, 1.54) is 9.75 Å². The minimum atomic E-state index is -0.939. The number of carbonyl (C=O) groups is 1. The third kappa shape index (κ3) is 3.50. The van der Waals surface area contributed by atoms with Gasteiger partial charge in [0.15, 0.2) is 11.5 Å². The van der Waals surface area contributed by atoms with Crippen LogP contribution >= 0.6 is 22.7 Å². The van der Waals surface area contributed by atoms with Crippen molar-refractivity contribution in [2.45, 2.75) is 0 Å². The zero-order valence-corrected chi connectivity index (χ0v) is 18.9. The predicted octanol–water partition coefficient (Wildman–Crippen LogP) is 8.42. The van der Waals surface area contributed by atoms with E-state index >= 15 is 0 Å². The maximum absolute atomic E-state index is 11.4. The van der Waals surface area contributed by atoms with Crippen molar-refractivity contribution in [1.82, 2.24) is 0 Å². The van der Waals surface area contributed by atoms with Crippen LogP contribution in [0.25, 0.3) is 20.9 Å². The summed E-state index contributed by atoms with van der Waals surface area (Å²) in [6.07, 6.45) is 0. The number of hydrogen-bond donors (Lipinski definition) is 1.